The highest BCUT2D eigenvalue weighted by atomic mass is 16.4. The lowest BCUT2D eigenvalue weighted by atomic mass is 10.0. The first-order chi connectivity index (χ1) is 7.47. The third-order valence-electron chi connectivity index (χ3n) is 2.12. The van der Waals surface area contributed by atoms with E-state index in [1.54, 1.807) is 0 Å². The Morgan fingerprint density at radius 1 is 1.31 bits per heavy atom. The maximum absolute atomic E-state index is 11.1. The van der Waals surface area contributed by atoms with Gasteiger partial charge in [0, 0.05) is 19.5 Å². The van der Waals surface area contributed by atoms with E-state index >= 15 is 0 Å². The number of carboxylic acids is 1. The van der Waals surface area contributed by atoms with Crippen molar-refractivity contribution in [1.29, 1.82) is 0 Å². The Kier molecular flexibility index (Phi) is 7.54. The van der Waals surface area contributed by atoms with Crippen LogP contribution in [0.1, 0.15) is 33.6 Å². The number of rotatable bonds is 8. The minimum Gasteiger partial charge on any atom is -0.480 e. The third kappa shape index (κ3) is 7.23. The number of nitrogens with one attached hydrogen (secondary N) is 2. The highest BCUT2D eigenvalue weighted by Crippen LogP contribution is 2.04. The molecule has 0 aromatic heterocycles. The standard InChI is InChI=1S/C11H22N2O3/c1-4-12-10(14)5-6-13-9(11(15)16)7-8(2)3/h8-9,13H,4-7H2,1-3H3,(H,12,14)(H,15,16). The molecule has 0 aliphatic heterocycles. The van der Waals surface area contributed by atoms with E-state index in [4.69, 9.17) is 5.11 Å². The smallest absolute Gasteiger partial charge is 0.320 e. The predicted octanol–water partition coefficient (Wildman–Crippen LogP) is 0.601. The minimum atomic E-state index is -0.857. The highest BCUT2D eigenvalue weighted by Gasteiger charge is 2.17. The van der Waals surface area contributed by atoms with Gasteiger partial charge < -0.3 is 15.7 Å². The van der Waals surface area contributed by atoms with Crippen molar-refractivity contribution < 1.29 is 14.7 Å². The van der Waals surface area contributed by atoms with Gasteiger partial charge in [-0.25, -0.2) is 0 Å². The van der Waals surface area contributed by atoms with Gasteiger partial charge in [0.15, 0.2) is 0 Å². The van der Waals surface area contributed by atoms with Gasteiger partial charge in [-0.1, -0.05) is 13.8 Å². The fraction of sp³-hybridized carbons (Fsp3) is 0.818. The molecule has 0 aliphatic carbocycles. The summed E-state index contributed by atoms with van der Waals surface area (Å²) in [6, 6.07) is -0.561. The van der Waals surface area contributed by atoms with Crippen molar-refractivity contribution in [2.45, 2.75) is 39.7 Å². The van der Waals surface area contributed by atoms with Crippen LogP contribution in [-0.4, -0.2) is 36.1 Å². The van der Waals surface area contributed by atoms with E-state index in [0.29, 0.717) is 31.8 Å². The molecule has 94 valence electrons. The Balaban J connectivity index is 3.85. The molecule has 1 atom stereocenters. The van der Waals surface area contributed by atoms with Crippen LogP contribution in [0.15, 0.2) is 0 Å². The van der Waals surface area contributed by atoms with Gasteiger partial charge in [0.05, 0.1) is 0 Å². The van der Waals surface area contributed by atoms with Crippen LogP contribution in [0.2, 0.25) is 0 Å². The summed E-state index contributed by atoms with van der Waals surface area (Å²) in [5.41, 5.74) is 0. The van der Waals surface area contributed by atoms with Gasteiger partial charge in [-0.05, 0) is 19.3 Å². The average molecular weight is 230 g/mol. The van der Waals surface area contributed by atoms with Gasteiger partial charge in [-0.15, -0.1) is 0 Å². The number of hydrogen-bond donors (Lipinski definition) is 3. The van der Waals surface area contributed by atoms with Crippen molar-refractivity contribution in [3.8, 4) is 0 Å². The van der Waals surface area contributed by atoms with Gasteiger partial charge in [0.1, 0.15) is 6.04 Å². The van der Waals surface area contributed by atoms with Crippen LogP contribution in [0.5, 0.6) is 0 Å². The molecule has 0 heterocycles. The monoisotopic (exact) mass is 230 g/mol. The maximum Gasteiger partial charge on any atom is 0.320 e. The predicted molar refractivity (Wildman–Crippen MR) is 62.2 cm³/mol. The van der Waals surface area contributed by atoms with Gasteiger partial charge in [-0.2, -0.15) is 0 Å². The van der Waals surface area contributed by atoms with E-state index in [-0.39, 0.29) is 5.91 Å². The number of carbonyl (C=O) groups excluding carboxylic acids is 1. The van der Waals surface area contributed by atoms with Crippen molar-refractivity contribution in [3.63, 3.8) is 0 Å². The van der Waals surface area contributed by atoms with Crippen LogP contribution in [0.25, 0.3) is 0 Å². The second kappa shape index (κ2) is 8.10. The van der Waals surface area contributed by atoms with E-state index in [1.807, 2.05) is 20.8 Å². The first-order valence-electron chi connectivity index (χ1n) is 5.70. The Labute approximate surface area is 96.6 Å². The minimum absolute atomic E-state index is 0.0521. The van der Waals surface area contributed by atoms with E-state index in [9.17, 15) is 9.59 Å². The lowest BCUT2D eigenvalue weighted by Gasteiger charge is -2.16. The van der Waals surface area contributed by atoms with Gasteiger partial charge in [0.25, 0.3) is 0 Å². The zero-order valence-corrected chi connectivity index (χ0v) is 10.2. The van der Waals surface area contributed by atoms with Crippen LogP contribution in [-0.2, 0) is 9.59 Å². The number of carbonyl (C=O) groups is 2. The fourth-order valence-electron chi connectivity index (χ4n) is 1.39. The number of amides is 1. The van der Waals surface area contributed by atoms with Gasteiger partial charge in [0.2, 0.25) is 5.91 Å². The summed E-state index contributed by atoms with van der Waals surface area (Å²) in [5.74, 6) is -0.591. The summed E-state index contributed by atoms with van der Waals surface area (Å²) < 4.78 is 0. The van der Waals surface area contributed by atoms with Crippen LogP contribution < -0.4 is 10.6 Å². The Hall–Kier alpha value is -1.10. The van der Waals surface area contributed by atoms with Crippen LogP contribution in [0, 0.1) is 5.92 Å². The van der Waals surface area contributed by atoms with Crippen LogP contribution in [0.4, 0.5) is 0 Å². The molecular formula is C11H22N2O3. The molecule has 0 spiro atoms. The summed E-state index contributed by atoms with van der Waals surface area (Å²) >= 11 is 0. The van der Waals surface area contributed by atoms with Crippen molar-refractivity contribution in [3.05, 3.63) is 0 Å². The Bertz CT molecular complexity index is 229. The first kappa shape index (κ1) is 14.9. The van der Waals surface area contributed by atoms with E-state index in [1.165, 1.54) is 0 Å². The first-order valence-corrected chi connectivity index (χ1v) is 5.70. The van der Waals surface area contributed by atoms with E-state index in [2.05, 4.69) is 10.6 Å². The molecule has 0 radical (unpaired) electrons. The van der Waals surface area contributed by atoms with Gasteiger partial charge >= 0.3 is 5.97 Å². The molecule has 0 saturated heterocycles. The lowest BCUT2D eigenvalue weighted by molar-refractivity contribution is -0.140. The molecule has 0 fully saturated rings. The zero-order chi connectivity index (χ0) is 12.6. The molecule has 5 heteroatoms. The number of carboxylic acid groups (broad SMARTS) is 1. The lowest BCUT2D eigenvalue weighted by Crippen LogP contribution is -2.39. The SMILES string of the molecule is CCNC(=O)CCNC(CC(C)C)C(=O)O. The second-order valence-corrected chi connectivity index (χ2v) is 4.18. The number of aliphatic carboxylic acids is 1. The summed E-state index contributed by atoms with van der Waals surface area (Å²) in [5, 5.41) is 14.5. The molecule has 3 N–H and O–H groups in total. The molecule has 0 saturated carbocycles. The normalized spacial score (nSPS) is 12.5. The molecule has 0 aromatic rings. The Morgan fingerprint density at radius 2 is 1.94 bits per heavy atom. The molecule has 16 heavy (non-hydrogen) atoms. The van der Waals surface area contributed by atoms with Crippen molar-refractivity contribution in [1.82, 2.24) is 10.6 Å². The second-order valence-electron chi connectivity index (χ2n) is 4.18. The Morgan fingerprint density at radius 3 is 2.38 bits per heavy atom. The average Bonchev–Trinajstić information content (AvgIpc) is 2.15. The summed E-state index contributed by atoms with van der Waals surface area (Å²) in [7, 11) is 0. The summed E-state index contributed by atoms with van der Waals surface area (Å²) in [6.07, 6.45) is 0.889. The molecule has 0 bridgehead atoms. The molecule has 5 nitrogen and oxygen atoms in total. The zero-order valence-electron chi connectivity index (χ0n) is 10.2. The highest BCUT2D eigenvalue weighted by molar-refractivity contribution is 5.76. The summed E-state index contributed by atoms with van der Waals surface area (Å²) in [4.78, 5) is 22.0. The van der Waals surface area contributed by atoms with E-state index < -0.39 is 12.0 Å². The van der Waals surface area contributed by atoms with Crippen LogP contribution >= 0.6 is 0 Å². The topological polar surface area (TPSA) is 78.4 Å². The molecule has 0 aromatic carbocycles. The van der Waals surface area contributed by atoms with Crippen molar-refractivity contribution in [2.24, 2.45) is 5.92 Å². The number of hydrogen-bond acceptors (Lipinski definition) is 3. The molecule has 1 unspecified atom stereocenters. The molecular weight excluding hydrogens is 208 g/mol. The maximum atomic E-state index is 11.1. The van der Waals surface area contributed by atoms with E-state index in [0.717, 1.165) is 0 Å². The summed E-state index contributed by atoms with van der Waals surface area (Å²) in [6.45, 7) is 6.80. The molecule has 0 rings (SSSR count). The van der Waals surface area contributed by atoms with Crippen molar-refractivity contribution >= 4 is 11.9 Å². The van der Waals surface area contributed by atoms with Crippen molar-refractivity contribution in [2.75, 3.05) is 13.1 Å². The van der Waals surface area contributed by atoms with Gasteiger partial charge in [-0.3, -0.25) is 9.59 Å². The quantitative estimate of drug-likeness (QED) is 0.570. The van der Waals surface area contributed by atoms with Crippen LogP contribution in [0.3, 0.4) is 0 Å². The molecule has 0 aliphatic rings. The fourth-order valence-corrected chi connectivity index (χ4v) is 1.39. The largest absolute Gasteiger partial charge is 0.480 e. The third-order valence-corrected chi connectivity index (χ3v) is 2.12. The molecule has 1 amide bonds.